The van der Waals surface area contributed by atoms with Crippen LogP contribution in [0.25, 0.3) is 0 Å². The first kappa shape index (κ1) is 30.4. The predicted molar refractivity (Wildman–Crippen MR) is 159 cm³/mol. The van der Waals surface area contributed by atoms with Gasteiger partial charge < -0.3 is 30.2 Å². The average molecular weight is 568 g/mol. The molecule has 2 aliphatic rings. The molecule has 0 bridgehead atoms. The molecule has 0 radical (unpaired) electrons. The second-order valence-electron chi connectivity index (χ2n) is 11.9. The van der Waals surface area contributed by atoms with Gasteiger partial charge in [-0.05, 0) is 74.5 Å². The number of hydrogen-bond acceptors (Lipinski definition) is 6. The summed E-state index contributed by atoms with van der Waals surface area (Å²) in [5.74, 6) is 0.0777. The number of aliphatic hydroxyl groups excluding tert-OH is 1. The SMILES string of the molecule is C[C@@H]1[C@@H]([Si](C)(C)O)[C@H](CC(=O)N(CCO)Cc2ccccc2)O[C@@H]1CCc1ccc(NC(=O)[C@H]2CCCN2)cc1. The summed E-state index contributed by atoms with van der Waals surface area (Å²) in [4.78, 5) is 38.6. The van der Waals surface area contributed by atoms with Gasteiger partial charge in [-0.25, -0.2) is 0 Å². The molecule has 218 valence electrons. The number of rotatable bonds is 12. The van der Waals surface area contributed by atoms with Gasteiger partial charge in [0, 0.05) is 24.3 Å². The molecule has 2 saturated heterocycles. The largest absolute Gasteiger partial charge is 0.432 e. The van der Waals surface area contributed by atoms with Crippen molar-refractivity contribution in [2.75, 3.05) is 25.0 Å². The van der Waals surface area contributed by atoms with Crippen LogP contribution in [0.5, 0.6) is 0 Å². The topological polar surface area (TPSA) is 111 Å². The van der Waals surface area contributed by atoms with Gasteiger partial charge in [-0.2, -0.15) is 0 Å². The molecule has 0 unspecified atom stereocenters. The van der Waals surface area contributed by atoms with Crippen LogP contribution < -0.4 is 10.6 Å². The maximum Gasteiger partial charge on any atom is 0.241 e. The minimum Gasteiger partial charge on any atom is -0.432 e. The quantitative estimate of drug-likeness (QED) is 0.291. The highest BCUT2D eigenvalue weighted by Crippen LogP contribution is 2.45. The second kappa shape index (κ2) is 13.9. The van der Waals surface area contributed by atoms with Gasteiger partial charge >= 0.3 is 0 Å². The third-order valence-corrected chi connectivity index (χ3v) is 10.9. The highest BCUT2D eigenvalue weighted by Gasteiger charge is 2.50. The van der Waals surface area contributed by atoms with Gasteiger partial charge in [0.2, 0.25) is 11.8 Å². The Labute approximate surface area is 239 Å². The maximum absolute atomic E-state index is 13.4. The van der Waals surface area contributed by atoms with E-state index in [2.05, 4.69) is 17.6 Å². The molecule has 2 amide bonds. The fraction of sp³-hybridized carbons (Fsp3) is 0.548. The minimum atomic E-state index is -2.62. The van der Waals surface area contributed by atoms with Crippen molar-refractivity contribution in [2.45, 2.75) is 82.5 Å². The van der Waals surface area contributed by atoms with E-state index in [1.54, 1.807) is 4.90 Å². The number of hydrogen-bond donors (Lipinski definition) is 4. The fourth-order valence-electron chi connectivity index (χ4n) is 6.33. The van der Waals surface area contributed by atoms with Gasteiger partial charge in [0.15, 0.2) is 8.32 Å². The van der Waals surface area contributed by atoms with Gasteiger partial charge in [0.1, 0.15) is 0 Å². The molecule has 2 heterocycles. The molecule has 2 fully saturated rings. The Morgan fingerprint density at radius 3 is 2.42 bits per heavy atom. The average Bonchev–Trinajstić information content (AvgIpc) is 3.57. The summed E-state index contributed by atoms with van der Waals surface area (Å²) in [6, 6.07) is 17.6. The van der Waals surface area contributed by atoms with Crippen molar-refractivity contribution in [3.8, 4) is 0 Å². The number of carbonyl (C=O) groups excluding carboxylic acids is 2. The normalized spacial score (nSPS) is 24.7. The van der Waals surface area contributed by atoms with Gasteiger partial charge in [-0.1, -0.05) is 49.4 Å². The van der Waals surface area contributed by atoms with Crippen LogP contribution in [0.3, 0.4) is 0 Å². The molecular weight excluding hydrogens is 522 g/mol. The third-order valence-electron chi connectivity index (χ3n) is 8.35. The molecular formula is C31H45N3O5Si. The third kappa shape index (κ3) is 8.01. The molecule has 0 spiro atoms. The van der Waals surface area contributed by atoms with Crippen molar-refractivity contribution in [1.82, 2.24) is 10.2 Å². The summed E-state index contributed by atoms with van der Waals surface area (Å²) < 4.78 is 6.52. The van der Waals surface area contributed by atoms with E-state index in [-0.39, 0.29) is 61.1 Å². The van der Waals surface area contributed by atoms with Crippen molar-refractivity contribution in [3.05, 3.63) is 65.7 Å². The summed E-state index contributed by atoms with van der Waals surface area (Å²) in [7, 11) is -2.62. The van der Waals surface area contributed by atoms with E-state index in [1.165, 1.54) is 0 Å². The molecule has 2 aliphatic heterocycles. The summed E-state index contributed by atoms with van der Waals surface area (Å²) >= 11 is 0. The Morgan fingerprint density at radius 2 is 1.80 bits per heavy atom. The molecule has 4 rings (SSSR count). The van der Waals surface area contributed by atoms with Crippen LogP contribution in [0.1, 0.15) is 43.7 Å². The minimum absolute atomic E-state index is 0.0159. The number of anilines is 1. The lowest BCUT2D eigenvalue weighted by atomic mass is 9.95. The van der Waals surface area contributed by atoms with Crippen molar-refractivity contribution in [2.24, 2.45) is 5.92 Å². The van der Waals surface area contributed by atoms with E-state index in [0.717, 1.165) is 49.0 Å². The molecule has 0 aromatic heterocycles. The zero-order chi connectivity index (χ0) is 28.7. The number of benzene rings is 2. The Kier molecular flexibility index (Phi) is 10.5. The van der Waals surface area contributed by atoms with E-state index in [1.807, 2.05) is 67.7 Å². The van der Waals surface area contributed by atoms with Crippen molar-refractivity contribution in [1.29, 1.82) is 0 Å². The van der Waals surface area contributed by atoms with E-state index >= 15 is 0 Å². The van der Waals surface area contributed by atoms with E-state index in [9.17, 15) is 19.5 Å². The van der Waals surface area contributed by atoms with Crippen LogP contribution in [0, 0.1) is 5.92 Å². The smallest absolute Gasteiger partial charge is 0.241 e. The first-order valence-electron chi connectivity index (χ1n) is 14.6. The number of nitrogens with zero attached hydrogens (tertiary/aromatic N) is 1. The van der Waals surface area contributed by atoms with Gasteiger partial charge in [0.25, 0.3) is 0 Å². The van der Waals surface area contributed by atoms with Crippen molar-refractivity contribution < 1.29 is 24.2 Å². The maximum atomic E-state index is 13.4. The zero-order valence-electron chi connectivity index (χ0n) is 24.0. The first-order chi connectivity index (χ1) is 19.2. The van der Waals surface area contributed by atoms with Crippen LogP contribution >= 0.6 is 0 Å². The zero-order valence-corrected chi connectivity index (χ0v) is 25.0. The van der Waals surface area contributed by atoms with E-state index < -0.39 is 8.32 Å². The lowest BCUT2D eigenvalue weighted by molar-refractivity contribution is -0.135. The number of nitrogens with one attached hydrogen (secondary N) is 2. The highest BCUT2D eigenvalue weighted by molar-refractivity contribution is 6.71. The second-order valence-corrected chi connectivity index (χ2v) is 15.8. The van der Waals surface area contributed by atoms with E-state index in [4.69, 9.17) is 4.74 Å². The number of ether oxygens (including phenoxy) is 1. The molecule has 40 heavy (non-hydrogen) atoms. The summed E-state index contributed by atoms with van der Waals surface area (Å²) in [5, 5.41) is 15.8. The number of carbonyl (C=O) groups is 2. The fourth-order valence-corrected chi connectivity index (χ4v) is 8.93. The van der Waals surface area contributed by atoms with Crippen molar-refractivity contribution >= 4 is 25.8 Å². The molecule has 4 N–H and O–H groups in total. The lowest BCUT2D eigenvalue weighted by Gasteiger charge is -2.31. The monoisotopic (exact) mass is 567 g/mol. The number of aliphatic hydroxyl groups is 1. The number of aryl methyl sites for hydroxylation is 1. The standard InChI is InChI=1S/C31H45N3O5Si/c1-22-27(16-13-23-11-14-25(15-12-23)33-31(37)26-10-7-17-32-26)39-28(30(22)40(2,3)38)20-29(36)34(18-19-35)21-24-8-5-4-6-9-24/h4-6,8-9,11-12,14-15,22,26-28,30,32,35,38H,7,10,13,16-21H2,1-3H3,(H,33,37)/t22-,26+,27+,28-,30+/m0/s1. The molecule has 8 nitrogen and oxygen atoms in total. The van der Waals surface area contributed by atoms with Gasteiger partial charge in [-0.15, -0.1) is 0 Å². The molecule has 5 atom stereocenters. The number of amides is 2. The summed E-state index contributed by atoms with van der Waals surface area (Å²) in [6.45, 7) is 7.48. The predicted octanol–water partition coefficient (Wildman–Crippen LogP) is 3.69. The summed E-state index contributed by atoms with van der Waals surface area (Å²) in [6.07, 6.45) is 3.27. The Hall–Kier alpha value is -2.56. The Bertz CT molecular complexity index is 1100. The summed E-state index contributed by atoms with van der Waals surface area (Å²) in [5.41, 5.74) is 2.90. The van der Waals surface area contributed by atoms with Crippen molar-refractivity contribution in [3.63, 3.8) is 0 Å². The van der Waals surface area contributed by atoms with Gasteiger partial charge in [-0.3, -0.25) is 9.59 Å². The Balaban J connectivity index is 1.35. The first-order valence-corrected chi connectivity index (χ1v) is 17.6. The lowest BCUT2D eigenvalue weighted by Crippen LogP contribution is -2.42. The van der Waals surface area contributed by atoms with Gasteiger partial charge in [0.05, 0.1) is 31.3 Å². The van der Waals surface area contributed by atoms with E-state index in [0.29, 0.717) is 6.54 Å². The molecule has 2 aromatic carbocycles. The van der Waals surface area contributed by atoms with Crippen LogP contribution in [0.4, 0.5) is 5.69 Å². The highest BCUT2D eigenvalue weighted by atomic mass is 28.4. The molecule has 0 saturated carbocycles. The molecule has 2 aromatic rings. The van der Waals surface area contributed by atoms with Crippen LogP contribution in [0.2, 0.25) is 18.6 Å². The van der Waals surface area contributed by atoms with Crippen LogP contribution in [-0.4, -0.2) is 72.9 Å². The van der Waals surface area contributed by atoms with Crippen LogP contribution in [-0.2, 0) is 27.3 Å². The molecule has 9 heteroatoms. The van der Waals surface area contributed by atoms with Crippen LogP contribution in [0.15, 0.2) is 54.6 Å². The Morgan fingerprint density at radius 1 is 1.07 bits per heavy atom. The molecule has 0 aliphatic carbocycles.